The molecule has 21 heavy (non-hydrogen) atoms. The molecule has 1 aromatic carbocycles. The zero-order chi connectivity index (χ0) is 14.9. The zero-order valence-electron chi connectivity index (χ0n) is 12.9. The fourth-order valence-corrected chi connectivity index (χ4v) is 2.87. The average Bonchev–Trinajstić information content (AvgIpc) is 2.53. The summed E-state index contributed by atoms with van der Waals surface area (Å²) in [7, 11) is 1.72. The van der Waals surface area contributed by atoms with Gasteiger partial charge in [-0.3, -0.25) is 0 Å². The average molecular weight is 290 g/mol. The van der Waals surface area contributed by atoms with Crippen molar-refractivity contribution in [3.8, 4) is 0 Å². The smallest absolute Gasteiger partial charge is 0.317 e. The minimum Gasteiger partial charge on any atom is -0.384 e. The summed E-state index contributed by atoms with van der Waals surface area (Å²) in [5.74, 6) is 0.485. The van der Waals surface area contributed by atoms with Gasteiger partial charge < -0.3 is 15.0 Å². The SMILES string of the molecule is COCC1CCCN(C(=O)NCCCc2ccccc2)C1. The highest BCUT2D eigenvalue weighted by atomic mass is 16.5. The molecule has 0 spiro atoms. The Hall–Kier alpha value is -1.55. The molecule has 4 nitrogen and oxygen atoms in total. The highest BCUT2D eigenvalue weighted by molar-refractivity contribution is 5.74. The van der Waals surface area contributed by atoms with Gasteiger partial charge in [-0.2, -0.15) is 0 Å². The van der Waals surface area contributed by atoms with Crippen LogP contribution in [0.3, 0.4) is 0 Å². The number of likely N-dealkylation sites (tertiary alicyclic amines) is 1. The summed E-state index contributed by atoms with van der Waals surface area (Å²) in [6.45, 7) is 3.17. The summed E-state index contributed by atoms with van der Waals surface area (Å²) in [6.07, 6.45) is 4.22. The second kappa shape index (κ2) is 8.67. The number of urea groups is 1. The number of hydrogen-bond acceptors (Lipinski definition) is 2. The Labute approximate surface area is 127 Å². The van der Waals surface area contributed by atoms with Crippen LogP contribution in [0.1, 0.15) is 24.8 Å². The number of nitrogens with one attached hydrogen (secondary N) is 1. The van der Waals surface area contributed by atoms with E-state index in [-0.39, 0.29) is 6.03 Å². The lowest BCUT2D eigenvalue weighted by Gasteiger charge is -2.32. The lowest BCUT2D eigenvalue weighted by Crippen LogP contribution is -2.46. The third-order valence-corrected chi connectivity index (χ3v) is 3.97. The second-order valence-electron chi connectivity index (χ2n) is 5.73. The molecule has 0 aromatic heterocycles. The van der Waals surface area contributed by atoms with E-state index >= 15 is 0 Å². The molecule has 1 aromatic rings. The highest BCUT2D eigenvalue weighted by Gasteiger charge is 2.23. The van der Waals surface area contributed by atoms with Crippen LogP contribution in [-0.4, -0.2) is 44.3 Å². The molecular weight excluding hydrogens is 264 g/mol. The van der Waals surface area contributed by atoms with Gasteiger partial charge in [-0.05, 0) is 31.2 Å². The molecule has 2 rings (SSSR count). The first-order valence-corrected chi connectivity index (χ1v) is 7.85. The Morgan fingerprint density at radius 2 is 2.19 bits per heavy atom. The number of methoxy groups -OCH3 is 1. The molecule has 116 valence electrons. The maximum Gasteiger partial charge on any atom is 0.317 e. The van der Waals surface area contributed by atoms with E-state index in [1.807, 2.05) is 11.0 Å². The van der Waals surface area contributed by atoms with E-state index in [0.717, 1.165) is 51.9 Å². The van der Waals surface area contributed by atoms with E-state index in [1.54, 1.807) is 7.11 Å². The molecule has 0 bridgehead atoms. The molecular formula is C17H26N2O2. The number of nitrogens with zero attached hydrogens (tertiary/aromatic N) is 1. The summed E-state index contributed by atoms with van der Waals surface area (Å²) in [6, 6.07) is 10.5. The number of amides is 2. The number of piperidine rings is 1. The van der Waals surface area contributed by atoms with Crippen molar-refractivity contribution in [1.82, 2.24) is 10.2 Å². The van der Waals surface area contributed by atoms with E-state index in [2.05, 4.69) is 29.6 Å². The lowest BCUT2D eigenvalue weighted by atomic mass is 9.99. The fourth-order valence-electron chi connectivity index (χ4n) is 2.87. The highest BCUT2D eigenvalue weighted by Crippen LogP contribution is 2.16. The molecule has 1 N–H and O–H groups in total. The molecule has 0 aliphatic carbocycles. The van der Waals surface area contributed by atoms with Crippen molar-refractivity contribution in [2.24, 2.45) is 5.92 Å². The molecule has 0 radical (unpaired) electrons. The van der Waals surface area contributed by atoms with E-state index in [9.17, 15) is 4.79 Å². The van der Waals surface area contributed by atoms with Crippen LogP contribution in [-0.2, 0) is 11.2 Å². The summed E-state index contributed by atoms with van der Waals surface area (Å²) in [4.78, 5) is 14.1. The Bertz CT molecular complexity index is 420. The molecule has 1 unspecified atom stereocenters. The number of ether oxygens (including phenoxy) is 1. The molecule has 1 saturated heterocycles. The van der Waals surface area contributed by atoms with Crippen LogP contribution in [0.5, 0.6) is 0 Å². The number of carbonyl (C=O) groups is 1. The molecule has 4 heteroatoms. The molecule has 1 atom stereocenters. The Kier molecular flexibility index (Phi) is 6.54. The topological polar surface area (TPSA) is 41.6 Å². The number of aryl methyl sites for hydroxylation is 1. The van der Waals surface area contributed by atoms with E-state index in [4.69, 9.17) is 4.74 Å². The van der Waals surface area contributed by atoms with E-state index in [0.29, 0.717) is 5.92 Å². The van der Waals surface area contributed by atoms with Gasteiger partial charge in [0.15, 0.2) is 0 Å². The summed E-state index contributed by atoms with van der Waals surface area (Å²) < 4.78 is 5.20. The third-order valence-electron chi connectivity index (χ3n) is 3.97. The van der Waals surface area contributed by atoms with Crippen molar-refractivity contribution in [3.63, 3.8) is 0 Å². The van der Waals surface area contributed by atoms with Crippen LogP contribution >= 0.6 is 0 Å². The van der Waals surface area contributed by atoms with E-state index < -0.39 is 0 Å². The van der Waals surface area contributed by atoms with Crippen molar-refractivity contribution >= 4 is 6.03 Å². The minimum atomic E-state index is 0.0730. The Morgan fingerprint density at radius 3 is 2.95 bits per heavy atom. The van der Waals surface area contributed by atoms with Crippen LogP contribution in [0, 0.1) is 5.92 Å². The maximum atomic E-state index is 12.1. The van der Waals surface area contributed by atoms with Crippen LogP contribution in [0.15, 0.2) is 30.3 Å². The van der Waals surface area contributed by atoms with Gasteiger partial charge in [0.05, 0.1) is 6.61 Å². The second-order valence-corrected chi connectivity index (χ2v) is 5.73. The van der Waals surface area contributed by atoms with E-state index in [1.165, 1.54) is 5.56 Å². The van der Waals surface area contributed by atoms with Gasteiger partial charge in [0.1, 0.15) is 0 Å². The first-order chi connectivity index (χ1) is 10.3. The number of carbonyl (C=O) groups excluding carboxylic acids is 1. The molecule has 1 aliphatic rings. The predicted octanol–water partition coefficient (Wildman–Crippen LogP) is 2.69. The quantitative estimate of drug-likeness (QED) is 0.818. The number of hydrogen-bond donors (Lipinski definition) is 1. The Balaban J connectivity index is 1.65. The van der Waals surface area contributed by atoms with Crippen molar-refractivity contribution in [3.05, 3.63) is 35.9 Å². The van der Waals surface area contributed by atoms with Crippen molar-refractivity contribution in [2.75, 3.05) is 33.4 Å². The standard InChI is InChI=1S/C17H26N2O2/c1-21-14-16-10-6-12-19(13-16)17(20)18-11-5-9-15-7-3-2-4-8-15/h2-4,7-8,16H,5-6,9-14H2,1H3,(H,18,20). The largest absolute Gasteiger partial charge is 0.384 e. The van der Waals surface area contributed by atoms with Crippen molar-refractivity contribution in [1.29, 1.82) is 0 Å². The summed E-state index contributed by atoms with van der Waals surface area (Å²) >= 11 is 0. The summed E-state index contributed by atoms with van der Waals surface area (Å²) in [5, 5.41) is 3.03. The third kappa shape index (κ3) is 5.38. The van der Waals surface area contributed by atoms with Crippen LogP contribution in [0.4, 0.5) is 4.79 Å². The molecule has 1 heterocycles. The van der Waals surface area contributed by atoms with Gasteiger partial charge in [0.2, 0.25) is 0 Å². The lowest BCUT2D eigenvalue weighted by molar-refractivity contribution is 0.100. The first-order valence-electron chi connectivity index (χ1n) is 7.85. The van der Waals surface area contributed by atoms with Crippen molar-refractivity contribution < 1.29 is 9.53 Å². The first kappa shape index (κ1) is 15.8. The predicted molar refractivity (Wildman–Crippen MR) is 84.3 cm³/mol. The van der Waals surface area contributed by atoms with Crippen LogP contribution in [0.2, 0.25) is 0 Å². The molecule has 0 saturated carbocycles. The normalized spacial score (nSPS) is 18.5. The number of rotatable bonds is 6. The van der Waals surface area contributed by atoms with Gasteiger partial charge in [0, 0.05) is 32.7 Å². The van der Waals surface area contributed by atoms with Crippen LogP contribution < -0.4 is 5.32 Å². The minimum absolute atomic E-state index is 0.0730. The van der Waals surface area contributed by atoms with Gasteiger partial charge in [-0.15, -0.1) is 0 Å². The van der Waals surface area contributed by atoms with Crippen molar-refractivity contribution in [2.45, 2.75) is 25.7 Å². The molecule has 1 fully saturated rings. The Morgan fingerprint density at radius 1 is 1.38 bits per heavy atom. The monoisotopic (exact) mass is 290 g/mol. The van der Waals surface area contributed by atoms with Gasteiger partial charge in [-0.25, -0.2) is 4.79 Å². The molecule has 1 aliphatic heterocycles. The molecule has 2 amide bonds. The summed E-state index contributed by atoms with van der Waals surface area (Å²) in [5.41, 5.74) is 1.32. The van der Waals surface area contributed by atoms with Crippen LogP contribution in [0.25, 0.3) is 0 Å². The van der Waals surface area contributed by atoms with Gasteiger partial charge in [-0.1, -0.05) is 30.3 Å². The number of benzene rings is 1. The van der Waals surface area contributed by atoms with Gasteiger partial charge >= 0.3 is 6.03 Å². The zero-order valence-corrected chi connectivity index (χ0v) is 12.9. The fraction of sp³-hybridized carbons (Fsp3) is 0.588. The maximum absolute atomic E-state index is 12.1. The van der Waals surface area contributed by atoms with Gasteiger partial charge in [0.25, 0.3) is 0 Å².